The maximum atomic E-state index is 13.3. The van der Waals surface area contributed by atoms with Crippen LogP contribution in [0.25, 0.3) is 0 Å². The first-order chi connectivity index (χ1) is 16.5. The fourth-order valence-electron chi connectivity index (χ4n) is 3.94. The molecule has 1 N–H and O–H groups in total. The molecule has 0 spiro atoms. The van der Waals surface area contributed by atoms with E-state index in [0.717, 1.165) is 24.8 Å². The Hall–Kier alpha value is -3.36. The zero-order valence-electron chi connectivity index (χ0n) is 19.1. The van der Waals surface area contributed by atoms with Crippen molar-refractivity contribution in [2.75, 3.05) is 25.5 Å². The van der Waals surface area contributed by atoms with Crippen molar-refractivity contribution in [2.45, 2.75) is 30.8 Å². The van der Waals surface area contributed by atoms with E-state index >= 15 is 0 Å². The Kier molecular flexibility index (Phi) is 7.49. The molecule has 0 aliphatic carbocycles. The van der Waals surface area contributed by atoms with Gasteiger partial charge in [0.15, 0.2) is 0 Å². The van der Waals surface area contributed by atoms with Crippen LogP contribution >= 0.6 is 0 Å². The zero-order valence-corrected chi connectivity index (χ0v) is 19.9. The van der Waals surface area contributed by atoms with Crippen LogP contribution in [0, 0.1) is 0 Å². The highest BCUT2D eigenvalue weighted by Gasteiger charge is 2.29. The Morgan fingerprint density at radius 3 is 2.38 bits per heavy atom. The molecule has 1 saturated heterocycles. The molecule has 1 aliphatic heterocycles. The summed E-state index contributed by atoms with van der Waals surface area (Å²) in [6.45, 7) is 1.19. The van der Waals surface area contributed by atoms with E-state index in [1.54, 1.807) is 24.3 Å². The van der Waals surface area contributed by atoms with Crippen molar-refractivity contribution < 1.29 is 22.7 Å². The third kappa shape index (κ3) is 5.40. The molecule has 1 heterocycles. The topological polar surface area (TPSA) is 84.9 Å². The zero-order chi connectivity index (χ0) is 24.0. The van der Waals surface area contributed by atoms with Crippen molar-refractivity contribution in [3.05, 3.63) is 83.9 Å². The minimum atomic E-state index is -3.74. The van der Waals surface area contributed by atoms with Gasteiger partial charge >= 0.3 is 0 Å². The van der Waals surface area contributed by atoms with Gasteiger partial charge in [0, 0.05) is 29.9 Å². The van der Waals surface area contributed by atoms with Gasteiger partial charge in [0.05, 0.1) is 7.11 Å². The van der Waals surface area contributed by atoms with E-state index in [1.807, 2.05) is 42.5 Å². The maximum Gasteiger partial charge on any atom is 0.256 e. The number of piperidine rings is 1. The highest BCUT2D eigenvalue weighted by atomic mass is 32.2. The summed E-state index contributed by atoms with van der Waals surface area (Å²) in [5.41, 5.74) is 1.55. The first kappa shape index (κ1) is 23.8. The number of methoxy groups -OCH3 is 1. The second kappa shape index (κ2) is 10.7. The van der Waals surface area contributed by atoms with Gasteiger partial charge in [-0.15, -0.1) is 0 Å². The molecule has 1 aliphatic rings. The second-order valence-corrected chi connectivity index (χ2v) is 9.95. The van der Waals surface area contributed by atoms with Crippen molar-refractivity contribution in [3.63, 3.8) is 0 Å². The van der Waals surface area contributed by atoms with Crippen LogP contribution in [0.15, 0.2) is 77.7 Å². The third-order valence-corrected chi connectivity index (χ3v) is 7.67. The molecule has 0 radical (unpaired) electrons. The van der Waals surface area contributed by atoms with E-state index < -0.39 is 10.0 Å². The molecule has 7 nitrogen and oxygen atoms in total. The molecule has 3 aromatic rings. The lowest BCUT2D eigenvalue weighted by atomic mass is 10.1. The number of anilines is 1. The maximum absolute atomic E-state index is 13.3. The number of nitrogens with zero attached hydrogens (tertiary/aromatic N) is 1. The molecule has 3 aromatic carbocycles. The summed E-state index contributed by atoms with van der Waals surface area (Å²) < 4.78 is 39.2. The second-order valence-electron chi connectivity index (χ2n) is 8.04. The summed E-state index contributed by atoms with van der Waals surface area (Å²) in [5, 5.41) is 2.83. The number of para-hydroxylation sites is 1. The van der Waals surface area contributed by atoms with Gasteiger partial charge in [-0.2, -0.15) is 4.31 Å². The van der Waals surface area contributed by atoms with E-state index in [-0.39, 0.29) is 23.2 Å². The number of rotatable bonds is 8. The average molecular weight is 481 g/mol. The lowest BCUT2D eigenvalue weighted by molar-refractivity contribution is 0.102. The van der Waals surface area contributed by atoms with Gasteiger partial charge in [-0.25, -0.2) is 8.42 Å². The Labute approximate surface area is 200 Å². The van der Waals surface area contributed by atoms with Gasteiger partial charge in [0.1, 0.15) is 23.0 Å². The lowest BCUT2D eigenvalue weighted by Crippen LogP contribution is -2.35. The number of carbonyl (C=O) groups is 1. The molecular weight excluding hydrogens is 452 g/mol. The normalized spacial score (nSPS) is 14.4. The SMILES string of the molecule is COc1ccc(NC(=O)c2ccccc2COc2ccccc2)cc1S(=O)(=O)N1CCCCC1. The van der Waals surface area contributed by atoms with Gasteiger partial charge in [0.2, 0.25) is 10.0 Å². The van der Waals surface area contributed by atoms with Crippen molar-refractivity contribution in [2.24, 2.45) is 0 Å². The number of hydrogen-bond donors (Lipinski definition) is 1. The number of hydrogen-bond acceptors (Lipinski definition) is 5. The average Bonchev–Trinajstić information content (AvgIpc) is 2.88. The molecule has 0 atom stereocenters. The number of benzene rings is 3. The molecule has 0 unspecified atom stereocenters. The van der Waals surface area contributed by atoms with E-state index in [4.69, 9.17) is 9.47 Å². The summed E-state index contributed by atoms with van der Waals surface area (Å²) in [6, 6.07) is 21.2. The molecule has 0 aromatic heterocycles. The minimum Gasteiger partial charge on any atom is -0.495 e. The van der Waals surface area contributed by atoms with Gasteiger partial charge in [0.25, 0.3) is 5.91 Å². The van der Waals surface area contributed by atoms with E-state index in [2.05, 4.69) is 5.32 Å². The smallest absolute Gasteiger partial charge is 0.256 e. The summed E-state index contributed by atoms with van der Waals surface area (Å²) in [7, 11) is -2.30. The van der Waals surface area contributed by atoms with Crippen LogP contribution in [-0.4, -0.2) is 38.8 Å². The summed E-state index contributed by atoms with van der Waals surface area (Å²) in [4.78, 5) is 13.2. The molecule has 8 heteroatoms. The van der Waals surface area contributed by atoms with Crippen LogP contribution in [0.4, 0.5) is 5.69 Å². The molecule has 1 amide bonds. The Morgan fingerprint density at radius 2 is 1.65 bits per heavy atom. The lowest BCUT2D eigenvalue weighted by Gasteiger charge is -2.26. The largest absolute Gasteiger partial charge is 0.495 e. The first-order valence-corrected chi connectivity index (χ1v) is 12.7. The molecule has 0 bridgehead atoms. The van der Waals surface area contributed by atoms with Crippen LogP contribution in [0.5, 0.6) is 11.5 Å². The van der Waals surface area contributed by atoms with Crippen molar-refractivity contribution in [1.29, 1.82) is 0 Å². The van der Waals surface area contributed by atoms with Crippen molar-refractivity contribution in [3.8, 4) is 11.5 Å². The predicted molar refractivity (Wildman–Crippen MR) is 131 cm³/mol. The van der Waals surface area contributed by atoms with Crippen molar-refractivity contribution >= 4 is 21.6 Å². The van der Waals surface area contributed by atoms with E-state index in [1.165, 1.54) is 17.5 Å². The summed E-state index contributed by atoms with van der Waals surface area (Å²) >= 11 is 0. The molecule has 178 valence electrons. The molecular formula is C26H28N2O5S. The Morgan fingerprint density at radius 1 is 0.941 bits per heavy atom. The van der Waals surface area contributed by atoms with Crippen LogP contribution in [-0.2, 0) is 16.6 Å². The summed E-state index contributed by atoms with van der Waals surface area (Å²) in [6.07, 6.45) is 2.69. The van der Waals surface area contributed by atoms with Gasteiger partial charge in [-0.05, 0) is 49.2 Å². The van der Waals surface area contributed by atoms with E-state index in [9.17, 15) is 13.2 Å². The molecule has 4 rings (SSSR count). The quantitative estimate of drug-likeness (QED) is 0.505. The van der Waals surface area contributed by atoms with Crippen LogP contribution in [0.3, 0.4) is 0 Å². The highest BCUT2D eigenvalue weighted by Crippen LogP contribution is 2.31. The monoisotopic (exact) mass is 480 g/mol. The fraction of sp³-hybridized carbons (Fsp3) is 0.269. The molecule has 0 saturated carbocycles. The van der Waals surface area contributed by atoms with E-state index in [0.29, 0.717) is 30.1 Å². The molecule has 1 fully saturated rings. The first-order valence-electron chi connectivity index (χ1n) is 11.2. The van der Waals surface area contributed by atoms with Gasteiger partial charge in [-0.3, -0.25) is 4.79 Å². The Balaban J connectivity index is 1.55. The Bertz CT molecular complexity index is 1240. The van der Waals surface area contributed by atoms with Crippen LogP contribution in [0.2, 0.25) is 0 Å². The standard InChI is InChI=1S/C26H28N2O5S/c1-32-24-15-14-21(18-25(24)34(30,31)28-16-8-3-9-17-28)27-26(29)23-13-7-6-10-20(23)19-33-22-11-4-2-5-12-22/h2,4-7,10-15,18H,3,8-9,16-17,19H2,1H3,(H,27,29). The van der Waals surface area contributed by atoms with Gasteiger partial charge in [-0.1, -0.05) is 42.8 Å². The molecule has 34 heavy (non-hydrogen) atoms. The fourth-order valence-corrected chi connectivity index (χ4v) is 5.64. The predicted octanol–water partition coefficient (Wildman–Crippen LogP) is 4.70. The number of nitrogens with one attached hydrogen (secondary N) is 1. The minimum absolute atomic E-state index is 0.0513. The number of amides is 1. The highest BCUT2D eigenvalue weighted by molar-refractivity contribution is 7.89. The summed E-state index contributed by atoms with van der Waals surface area (Å²) in [5.74, 6) is 0.611. The van der Waals surface area contributed by atoms with Crippen LogP contribution < -0.4 is 14.8 Å². The van der Waals surface area contributed by atoms with Crippen LogP contribution in [0.1, 0.15) is 35.2 Å². The van der Waals surface area contributed by atoms with Gasteiger partial charge < -0.3 is 14.8 Å². The number of ether oxygens (including phenoxy) is 2. The number of sulfonamides is 1. The number of carbonyl (C=O) groups excluding carboxylic acids is 1. The third-order valence-electron chi connectivity index (χ3n) is 5.75. The van der Waals surface area contributed by atoms with Crippen molar-refractivity contribution in [1.82, 2.24) is 4.31 Å².